The number of hydrogen-bond donors (Lipinski definition) is 2. The number of rotatable bonds is 3. The van der Waals surface area contributed by atoms with Crippen molar-refractivity contribution in [3.05, 3.63) is 29.1 Å². The Kier molecular flexibility index (Phi) is 2.83. The zero-order chi connectivity index (χ0) is 13.4. The maximum Gasteiger partial charge on any atom is 0.195 e. The van der Waals surface area contributed by atoms with E-state index in [1.807, 2.05) is 19.1 Å². The van der Waals surface area contributed by atoms with Gasteiger partial charge in [-0.15, -0.1) is 10.2 Å². The molecule has 0 spiro atoms. The molecule has 1 aliphatic rings. The lowest BCUT2D eigenvalue weighted by molar-refractivity contribution is 0.254. The first-order valence-electron chi connectivity index (χ1n) is 6.05. The molecule has 2 unspecified atom stereocenters. The van der Waals surface area contributed by atoms with E-state index >= 15 is 0 Å². The van der Waals surface area contributed by atoms with Gasteiger partial charge in [0.25, 0.3) is 0 Å². The Morgan fingerprint density at radius 2 is 2.37 bits per heavy atom. The number of methoxy groups -OCH3 is 1. The van der Waals surface area contributed by atoms with Gasteiger partial charge < -0.3 is 15.2 Å². The van der Waals surface area contributed by atoms with E-state index < -0.39 is 6.04 Å². The van der Waals surface area contributed by atoms with Crippen molar-refractivity contribution in [1.82, 2.24) is 20.6 Å². The van der Waals surface area contributed by atoms with Crippen LogP contribution >= 0.6 is 0 Å². The minimum Gasteiger partial charge on any atom is -0.496 e. The molecule has 7 heteroatoms. The normalized spacial score (nSPS) is 18.8. The van der Waals surface area contributed by atoms with E-state index in [9.17, 15) is 0 Å². The second-order valence-electron chi connectivity index (χ2n) is 4.58. The molecule has 7 nitrogen and oxygen atoms in total. The summed E-state index contributed by atoms with van der Waals surface area (Å²) in [6, 6.07) is 3.37. The Hall–Kier alpha value is -2.15. The number of benzene rings is 1. The van der Waals surface area contributed by atoms with E-state index in [-0.39, 0.29) is 6.10 Å². The standard InChI is InChI=1S/C12H15N5O2/c1-6-3-7-4-10(18-2)8(5-9(7)19-6)11(13)12-14-16-17-15-12/h4-6,11H,3,13H2,1-2H3,(H,14,15,16,17). The summed E-state index contributed by atoms with van der Waals surface area (Å²) in [7, 11) is 1.62. The van der Waals surface area contributed by atoms with E-state index in [4.69, 9.17) is 15.2 Å². The van der Waals surface area contributed by atoms with Gasteiger partial charge >= 0.3 is 0 Å². The number of nitrogens with zero attached hydrogens (tertiary/aromatic N) is 3. The van der Waals surface area contributed by atoms with E-state index in [2.05, 4.69) is 20.6 Å². The summed E-state index contributed by atoms with van der Waals surface area (Å²) in [5, 5.41) is 13.7. The number of hydrogen-bond acceptors (Lipinski definition) is 6. The van der Waals surface area contributed by atoms with Crippen molar-refractivity contribution in [1.29, 1.82) is 0 Å². The number of nitrogens with one attached hydrogen (secondary N) is 1. The molecule has 0 saturated carbocycles. The summed E-state index contributed by atoms with van der Waals surface area (Å²) in [6.07, 6.45) is 1.06. The van der Waals surface area contributed by atoms with Gasteiger partial charge in [-0.1, -0.05) is 5.21 Å². The van der Waals surface area contributed by atoms with Gasteiger partial charge in [-0.2, -0.15) is 5.21 Å². The van der Waals surface area contributed by atoms with Gasteiger partial charge in [0, 0.05) is 17.5 Å². The molecule has 1 aromatic carbocycles. The van der Waals surface area contributed by atoms with Crippen LogP contribution in [0.15, 0.2) is 12.1 Å². The molecule has 1 aromatic heterocycles. The average Bonchev–Trinajstić information content (AvgIpc) is 3.03. The molecule has 3 N–H and O–H groups in total. The van der Waals surface area contributed by atoms with E-state index in [0.29, 0.717) is 11.6 Å². The summed E-state index contributed by atoms with van der Waals surface area (Å²) in [4.78, 5) is 0. The number of ether oxygens (including phenoxy) is 2. The maximum atomic E-state index is 6.15. The minimum absolute atomic E-state index is 0.177. The van der Waals surface area contributed by atoms with Gasteiger partial charge in [-0.25, -0.2) is 0 Å². The maximum absolute atomic E-state index is 6.15. The quantitative estimate of drug-likeness (QED) is 0.838. The zero-order valence-electron chi connectivity index (χ0n) is 10.8. The first kappa shape index (κ1) is 11.9. The van der Waals surface area contributed by atoms with Crippen LogP contribution in [0, 0.1) is 0 Å². The molecular formula is C12H15N5O2. The van der Waals surface area contributed by atoms with Gasteiger partial charge in [-0.05, 0) is 19.1 Å². The van der Waals surface area contributed by atoms with Crippen LogP contribution in [-0.4, -0.2) is 33.8 Å². The first-order valence-corrected chi connectivity index (χ1v) is 6.05. The highest BCUT2D eigenvalue weighted by molar-refractivity contribution is 5.50. The smallest absolute Gasteiger partial charge is 0.195 e. The van der Waals surface area contributed by atoms with E-state index in [0.717, 1.165) is 23.3 Å². The predicted molar refractivity (Wildman–Crippen MR) is 67.0 cm³/mol. The molecule has 0 radical (unpaired) electrons. The number of fused-ring (bicyclic) bond motifs is 1. The number of nitrogens with two attached hydrogens (primary N) is 1. The molecule has 1 aliphatic heterocycles. The Bertz CT molecular complexity index is 584. The Balaban J connectivity index is 2.04. The van der Waals surface area contributed by atoms with Gasteiger partial charge in [0.05, 0.1) is 13.2 Å². The molecule has 2 aromatic rings. The van der Waals surface area contributed by atoms with Crippen LogP contribution in [0.1, 0.15) is 29.9 Å². The Morgan fingerprint density at radius 1 is 1.53 bits per heavy atom. The van der Waals surface area contributed by atoms with Crippen molar-refractivity contribution in [3.63, 3.8) is 0 Å². The SMILES string of the molecule is COc1cc2c(cc1C(N)c1nn[nH]n1)OC(C)C2. The van der Waals surface area contributed by atoms with Crippen molar-refractivity contribution in [2.75, 3.05) is 7.11 Å². The third kappa shape index (κ3) is 2.01. The van der Waals surface area contributed by atoms with Crippen LogP contribution < -0.4 is 15.2 Å². The summed E-state index contributed by atoms with van der Waals surface area (Å²) in [5.74, 6) is 1.99. The lowest BCUT2D eigenvalue weighted by Crippen LogP contribution is -2.15. The summed E-state index contributed by atoms with van der Waals surface area (Å²) in [6.45, 7) is 2.03. The fraction of sp³-hybridized carbons (Fsp3) is 0.417. The number of aromatic nitrogens is 4. The molecule has 0 saturated heterocycles. The second-order valence-corrected chi connectivity index (χ2v) is 4.58. The predicted octanol–water partition coefficient (Wildman–Crippen LogP) is 0.580. The molecule has 2 atom stereocenters. The van der Waals surface area contributed by atoms with Crippen molar-refractivity contribution >= 4 is 0 Å². The molecule has 3 rings (SSSR count). The first-order chi connectivity index (χ1) is 9.19. The van der Waals surface area contributed by atoms with Crippen molar-refractivity contribution in [2.24, 2.45) is 5.73 Å². The molecule has 19 heavy (non-hydrogen) atoms. The molecule has 0 amide bonds. The largest absolute Gasteiger partial charge is 0.496 e. The summed E-state index contributed by atoms with van der Waals surface area (Å²) >= 11 is 0. The van der Waals surface area contributed by atoms with Gasteiger partial charge in [0.2, 0.25) is 0 Å². The van der Waals surface area contributed by atoms with Crippen molar-refractivity contribution in [2.45, 2.75) is 25.5 Å². The highest BCUT2D eigenvalue weighted by atomic mass is 16.5. The highest BCUT2D eigenvalue weighted by Crippen LogP contribution is 2.37. The third-order valence-corrected chi connectivity index (χ3v) is 3.22. The average molecular weight is 261 g/mol. The van der Waals surface area contributed by atoms with Crippen LogP contribution in [-0.2, 0) is 6.42 Å². The molecular weight excluding hydrogens is 246 g/mol. The van der Waals surface area contributed by atoms with Crippen molar-refractivity contribution < 1.29 is 9.47 Å². The van der Waals surface area contributed by atoms with Gasteiger partial charge in [0.1, 0.15) is 17.6 Å². The summed E-state index contributed by atoms with van der Waals surface area (Å²) < 4.78 is 11.1. The highest BCUT2D eigenvalue weighted by Gasteiger charge is 2.25. The molecule has 100 valence electrons. The lowest BCUT2D eigenvalue weighted by Gasteiger charge is -2.14. The van der Waals surface area contributed by atoms with Crippen LogP contribution in [0.3, 0.4) is 0 Å². The minimum atomic E-state index is -0.501. The van der Waals surface area contributed by atoms with E-state index in [1.165, 1.54) is 0 Å². The second kappa shape index (κ2) is 4.51. The van der Waals surface area contributed by atoms with Crippen LogP contribution in [0.25, 0.3) is 0 Å². The molecule has 2 heterocycles. The fourth-order valence-corrected chi connectivity index (χ4v) is 2.32. The van der Waals surface area contributed by atoms with Crippen molar-refractivity contribution in [3.8, 4) is 11.5 Å². The monoisotopic (exact) mass is 261 g/mol. The van der Waals surface area contributed by atoms with Crippen LogP contribution in [0.5, 0.6) is 11.5 Å². The topological polar surface area (TPSA) is 98.9 Å². The van der Waals surface area contributed by atoms with Gasteiger partial charge in [0.15, 0.2) is 5.82 Å². The molecule has 0 bridgehead atoms. The van der Waals surface area contributed by atoms with Crippen LogP contribution in [0.2, 0.25) is 0 Å². The lowest BCUT2D eigenvalue weighted by atomic mass is 10.0. The number of H-pyrrole nitrogens is 1. The van der Waals surface area contributed by atoms with E-state index in [1.54, 1.807) is 7.11 Å². The Morgan fingerprint density at radius 3 is 3.05 bits per heavy atom. The van der Waals surface area contributed by atoms with Gasteiger partial charge in [-0.3, -0.25) is 0 Å². The zero-order valence-corrected chi connectivity index (χ0v) is 10.8. The van der Waals surface area contributed by atoms with Crippen LogP contribution in [0.4, 0.5) is 0 Å². The number of tetrazole rings is 1. The molecule has 0 aliphatic carbocycles. The number of aromatic amines is 1. The summed E-state index contributed by atoms with van der Waals surface area (Å²) in [5.41, 5.74) is 8.07. The third-order valence-electron chi connectivity index (χ3n) is 3.22. The Labute approximate surface area is 110 Å². The molecule has 0 fully saturated rings. The fourth-order valence-electron chi connectivity index (χ4n) is 2.32.